The highest BCUT2D eigenvalue weighted by atomic mass is 16.3. The van der Waals surface area contributed by atoms with Crippen molar-refractivity contribution in [1.29, 1.82) is 0 Å². The molecule has 0 radical (unpaired) electrons. The molecule has 0 fully saturated rings. The van der Waals surface area contributed by atoms with Gasteiger partial charge in [0.05, 0.1) is 11.3 Å². The lowest BCUT2D eigenvalue weighted by molar-refractivity contribution is 0.100. The zero-order valence-corrected chi connectivity index (χ0v) is 11.8. The number of aryl methyl sites for hydroxylation is 1. The van der Waals surface area contributed by atoms with E-state index in [1.807, 2.05) is 0 Å². The minimum atomic E-state index is -0.599. The number of nitrogens with two attached hydrogens (primary N) is 1. The van der Waals surface area contributed by atoms with Crippen molar-refractivity contribution in [2.24, 2.45) is 5.73 Å². The smallest absolute Gasteiger partial charge is 0.255 e. The van der Waals surface area contributed by atoms with Crippen molar-refractivity contribution in [2.45, 2.75) is 6.92 Å². The summed E-state index contributed by atoms with van der Waals surface area (Å²) in [7, 11) is 0. The van der Waals surface area contributed by atoms with Gasteiger partial charge in [-0.3, -0.25) is 9.59 Å². The van der Waals surface area contributed by atoms with Crippen molar-refractivity contribution in [2.75, 3.05) is 5.32 Å². The molecule has 3 aromatic rings. The second-order valence-corrected chi connectivity index (χ2v) is 4.78. The maximum absolute atomic E-state index is 12.3. The highest BCUT2D eigenvalue weighted by Gasteiger charge is 2.13. The number of benzene rings is 2. The lowest BCUT2D eigenvalue weighted by Gasteiger charge is -2.08. The second-order valence-electron chi connectivity index (χ2n) is 4.78. The number of fused-ring (bicyclic) bond motifs is 1. The van der Waals surface area contributed by atoms with Crippen molar-refractivity contribution in [3.05, 3.63) is 59.5 Å². The van der Waals surface area contributed by atoms with Crippen LogP contribution in [0.2, 0.25) is 0 Å². The van der Waals surface area contributed by atoms with E-state index >= 15 is 0 Å². The molecular weight excluding hydrogens is 282 g/mol. The lowest BCUT2D eigenvalue weighted by Crippen LogP contribution is -2.18. The number of primary amides is 1. The number of hydrogen-bond acceptors (Lipinski definition) is 4. The van der Waals surface area contributed by atoms with E-state index in [9.17, 15) is 9.59 Å². The fraction of sp³-hybridized carbons (Fsp3) is 0.0625. The van der Waals surface area contributed by atoms with Gasteiger partial charge >= 0.3 is 0 Å². The van der Waals surface area contributed by atoms with E-state index in [2.05, 4.69) is 10.3 Å². The Morgan fingerprint density at radius 2 is 1.95 bits per heavy atom. The molecule has 3 N–H and O–H groups in total. The van der Waals surface area contributed by atoms with Gasteiger partial charge < -0.3 is 15.5 Å². The Bertz CT molecular complexity index is 883. The minimum Gasteiger partial charge on any atom is -0.441 e. The third kappa shape index (κ3) is 2.54. The predicted octanol–water partition coefficient (Wildman–Crippen LogP) is 2.49. The molecule has 0 saturated heterocycles. The first-order valence-electron chi connectivity index (χ1n) is 6.62. The van der Waals surface area contributed by atoms with Crippen molar-refractivity contribution >= 4 is 28.6 Å². The Kier molecular flexibility index (Phi) is 3.34. The number of anilines is 1. The molecule has 0 atom stereocenters. The van der Waals surface area contributed by atoms with Crippen molar-refractivity contribution in [3.63, 3.8) is 0 Å². The molecule has 0 bridgehead atoms. The number of aromatic nitrogens is 1. The van der Waals surface area contributed by atoms with E-state index in [-0.39, 0.29) is 11.5 Å². The van der Waals surface area contributed by atoms with Crippen LogP contribution in [0, 0.1) is 6.92 Å². The Hall–Kier alpha value is -3.15. The normalized spacial score (nSPS) is 10.6. The van der Waals surface area contributed by atoms with Gasteiger partial charge in [0.1, 0.15) is 5.52 Å². The third-order valence-electron chi connectivity index (χ3n) is 3.20. The highest BCUT2D eigenvalue weighted by Crippen LogP contribution is 2.19. The molecule has 6 nitrogen and oxygen atoms in total. The number of hydrogen-bond donors (Lipinski definition) is 2. The molecule has 6 heteroatoms. The summed E-state index contributed by atoms with van der Waals surface area (Å²) in [6.07, 6.45) is 0. The summed E-state index contributed by atoms with van der Waals surface area (Å²) in [5, 5.41) is 2.68. The average Bonchev–Trinajstić information content (AvgIpc) is 2.86. The molecule has 110 valence electrons. The second kappa shape index (κ2) is 5.33. The average molecular weight is 295 g/mol. The summed E-state index contributed by atoms with van der Waals surface area (Å²) in [5.74, 6) is -0.415. The fourth-order valence-electron chi connectivity index (χ4n) is 2.19. The third-order valence-corrected chi connectivity index (χ3v) is 3.20. The van der Waals surface area contributed by atoms with Gasteiger partial charge in [-0.15, -0.1) is 0 Å². The van der Waals surface area contributed by atoms with Crippen LogP contribution in [-0.4, -0.2) is 16.8 Å². The van der Waals surface area contributed by atoms with Crippen molar-refractivity contribution in [3.8, 4) is 0 Å². The summed E-state index contributed by atoms with van der Waals surface area (Å²) in [4.78, 5) is 27.9. The molecule has 1 aromatic heterocycles. The maximum atomic E-state index is 12.3. The fourth-order valence-corrected chi connectivity index (χ4v) is 2.19. The van der Waals surface area contributed by atoms with Gasteiger partial charge in [-0.2, -0.15) is 0 Å². The van der Waals surface area contributed by atoms with Gasteiger partial charge in [-0.1, -0.05) is 12.1 Å². The summed E-state index contributed by atoms with van der Waals surface area (Å²) >= 11 is 0. The topological polar surface area (TPSA) is 98.2 Å². The first kappa shape index (κ1) is 13.8. The molecule has 2 aromatic carbocycles. The van der Waals surface area contributed by atoms with Crippen LogP contribution in [0.15, 0.2) is 46.9 Å². The molecule has 2 amide bonds. The van der Waals surface area contributed by atoms with E-state index in [0.29, 0.717) is 28.2 Å². The van der Waals surface area contributed by atoms with Crippen LogP contribution >= 0.6 is 0 Å². The van der Waals surface area contributed by atoms with Crippen LogP contribution in [0.3, 0.4) is 0 Å². The molecule has 22 heavy (non-hydrogen) atoms. The van der Waals surface area contributed by atoms with Gasteiger partial charge in [0, 0.05) is 12.5 Å². The Labute approximate surface area is 125 Å². The maximum Gasteiger partial charge on any atom is 0.255 e. The molecule has 3 rings (SSSR count). The van der Waals surface area contributed by atoms with Crippen LogP contribution in [-0.2, 0) is 0 Å². The predicted molar refractivity (Wildman–Crippen MR) is 81.7 cm³/mol. The van der Waals surface area contributed by atoms with Crippen LogP contribution in [0.1, 0.15) is 26.6 Å². The summed E-state index contributed by atoms with van der Waals surface area (Å²) < 4.78 is 5.37. The van der Waals surface area contributed by atoms with Gasteiger partial charge in [-0.05, 0) is 30.3 Å². The SMILES string of the molecule is Cc1nc2cc(C(=O)Nc3ccccc3C(N)=O)ccc2o1. The first-order chi connectivity index (χ1) is 10.5. The Morgan fingerprint density at radius 3 is 2.73 bits per heavy atom. The van der Waals surface area contributed by atoms with Crippen LogP contribution in [0.25, 0.3) is 11.1 Å². The minimum absolute atomic E-state index is 0.259. The number of carbonyl (C=O) groups is 2. The van der Waals surface area contributed by atoms with E-state index < -0.39 is 5.91 Å². The van der Waals surface area contributed by atoms with Gasteiger partial charge in [0.25, 0.3) is 11.8 Å². The van der Waals surface area contributed by atoms with Crippen LogP contribution < -0.4 is 11.1 Å². The lowest BCUT2D eigenvalue weighted by atomic mass is 10.1. The number of amides is 2. The molecule has 0 aliphatic heterocycles. The Morgan fingerprint density at radius 1 is 1.18 bits per heavy atom. The number of para-hydroxylation sites is 1. The summed E-state index contributed by atoms with van der Waals surface area (Å²) in [6, 6.07) is 11.5. The molecule has 0 saturated carbocycles. The van der Waals surface area contributed by atoms with Gasteiger partial charge in [0.15, 0.2) is 11.5 Å². The van der Waals surface area contributed by atoms with Crippen LogP contribution in [0.5, 0.6) is 0 Å². The molecular formula is C16H13N3O3. The van der Waals surface area contributed by atoms with E-state index in [0.717, 1.165) is 0 Å². The van der Waals surface area contributed by atoms with Crippen LogP contribution in [0.4, 0.5) is 5.69 Å². The monoisotopic (exact) mass is 295 g/mol. The summed E-state index contributed by atoms with van der Waals surface area (Å²) in [6.45, 7) is 1.74. The number of nitrogens with one attached hydrogen (secondary N) is 1. The molecule has 1 heterocycles. The van der Waals surface area contributed by atoms with E-state index in [4.69, 9.17) is 10.2 Å². The van der Waals surface area contributed by atoms with Crippen molar-refractivity contribution in [1.82, 2.24) is 4.98 Å². The van der Waals surface area contributed by atoms with E-state index in [1.54, 1.807) is 49.4 Å². The zero-order valence-electron chi connectivity index (χ0n) is 11.8. The number of nitrogens with zero attached hydrogens (tertiary/aromatic N) is 1. The number of oxazole rings is 1. The quantitative estimate of drug-likeness (QED) is 0.775. The number of carbonyl (C=O) groups excluding carboxylic acids is 2. The molecule has 0 aliphatic rings. The highest BCUT2D eigenvalue weighted by molar-refractivity contribution is 6.09. The molecule has 0 aliphatic carbocycles. The molecule has 0 unspecified atom stereocenters. The standard InChI is InChI=1S/C16H13N3O3/c1-9-18-13-8-10(6-7-14(13)22-9)16(21)19-12-5-3-2-4-11(12)15(17)20/h2-8H,1H3,(H2,17,20)(H,19,21). The first-order valence-corrected chi connectivity index (χ1v) is 6.62. The van der Waals surface area contributed by atoms with Gasteiger partial charge in [-0.25, -0.2) is 4.98 Å². The Balaban J connectivity index is 1.91. The number of rotatable bonds is 3. The van der Waals surface area contributed by atoms with Crippen molar-refractivity contribution < 1.29 is 14.0 Å². The summed E-state index contributed by atoms with van der Waals surface area (Å²) in [5.41, 5.74) is 7.56. The molecule has 0 spiro atoms. The largest absolute Gasteiger partial charge is 0.441 e. The van der Waals surface area contributed by atoms with Gasteiger partial charge in [0.2, 0.25) is 0 Å². The zero-order chi connectivity index (χ0) is 15.7. The van der Waals surface area contributed by atoms with E-state index in [1.165, 1.54) is 0 Å².